The van der Waals surface area contributed by atoms with Crippen molar-refractivity contribution in [2.24, 2.45) is 0 Å². The Morgan fingerprint density at radius 2 is 2.00 bits per heavy atom. The smallest absolute Gasteiger partial charge is 0.272 e. The number of rotatable bonds is 2. The topological polar surface area (TPSA) is 64.9 Å². The van der Waals surface area contributed by atoms with Gasteiger partial charge in [-0.25, -0.2) is 4.98 Å². The van der Waals surface area contributed by atoms with Crippen LogP contribution in [0.4, 0.5) is 5.69 Å². The molecule has 1 aromatic carbocycles. The van der Waals surface area contributed by atoms with E-state index in [1.54, 1.807) is 47.1 Å². The van der Waals surface area contributed by atoms with Crippen LogP contribution in [-0.4, -0.2) is 28.5 Å². The minimum absolute atomic E-state index is 0.208. The van der Waals surface area contributed by atoms with Crippen LogP contribution in [-0.2, 0) is 0 Å². The fourth-order valence-electron chi connectivity index (χ4n) is 2.45. The zero-order chi connectivity index (χ0) is 14.9. The Labute approximate surface area is 126 Å². The summed E-state index contributed by atoms with van der Waals surface area (Å²) in [6.45, 7) is 1.06. The molecule has 0 spiro atoms. The van der Waals surface area contributed by atoms with Crippen molar-refractivity contribution in [1.29, 1.82) is 0 Å². The first-order valence-corrected chi connectivity index (χ1v) is 6.94. The third kappa shape index (κ3) is 2.14. The van der Waals surface area contributed by atoms with Gasteiger partial charge in [-0.15, -0.1) is 0 Å². The third-order valence-electron chi connectivity index (χ3n) is 3.46. The molecule has 3 aromatic rings. The van der Waals surface area contributed by atoms with Crippen molar-refractivity contribution in [3.63, 3.8) is 0 Å². The molecule has 110 valence electrons. The van der Waals surface area contributed by atoms with E-state index in [0.717, 1.165) is 5.65 Å². The van der Waals surface area contributed by atoms with Gasteiger partial charge in [-0.3, -0.25) is 9.20 Å². The summed E-state index contributed by atoms with van der Waals surface area (Å²) < 4.78 is 12.7. The number of hydrogen-bond acceptors (Lipinski definition) is 4. The van der Waals surface area contributed by atoms with Crippen LogP contribution in [0, 0.1) is 0 Å². The molecule has 1 amide bonds. The number of ether oxygens (including phenoxy) is 2. The minimum Gasteiger partial charge on any atom is -0.486 e. The zero-order valence-electron chi connectivity index (χ0n) is 11.7. The van der Waals surface area contributed by atoms with Gasteiger partial charge in [0.1, 0.15) is 24.6 Å². The molecule has 22 heavy (non-hydrogen) atoms. The number of hydrogen-bond donors (Lipinski definition) is 1. The molecule has 6 nitrogen and oxygen atoms in total. The number of amides is 1. The molecule has 0 unspecified atom stereocenters. The summed E-state index contributed by atoms with van der Waals surface area (Å²) in [6.07, 6.45) is 3.42. The van der Waals surface area contributed by atoms with Crippen LogP contribution in [0.5, 0.6) is 11.5 Å². The van der Waals surface area contributed by atoms with Gasteiger partial charge in [-0.1, -0.05) is 6.07 Å². The first-order valence-electron chi connectivity index (χ1n) is 6.94. The van der Waals surface area contributed by atoms with Crippen molar-refractivity contribution < 1.29 is 14.3 Å². The Kier molecular flexibility index (Phi) is 2.93. The summed E-state index contributed by atoms with van der Waals surface area (Å²) in [5.41, 5.74) is 1.91. The molecule has 2 aromatic heterocycles. The van der Waals surface area contributed by atoms with Crippen LogP contribution in [0.25, 0.3) is 5.65 Å². The molecule has 6 heteroatoms. The van der Waals surface area contributed by atoms with Crippen molar-refractivity contribution in [1.82, 2.24) is 9.38 Å². The number of nitrogens with one attached hydrogen (secondary N) is 1. The predicted molar refractivity (Wildman–Crippen MR) is 80.6 cm³/mol. The Hall–Kier alpha value is -3.02. The van der Waals surface area contributed by atoms with Gasteiger partial charge in [0.15, 0.2) is 11.5 Å². The summed E-state index contributed by atoms with van der Waals surface area (Å²) in [5, 5.41) is 2.87. The summed E-state index contributed by atoms with van der Waals surface area (Å²) in [4.78, 5) is 16.6. The van der Waals surface area contributed by atoms with Crippen molar-refractivity contribution in [3.05, 3.63) is 54.5 Å². The van der Waals surface area contributed by atoms with Crippen molar-refractivity contribution in [2.75, 3.05) is 18.5 Å². The van der Waals surface area contributed by atoms with Crippen LogP contribution in [0.15, 0.2) is 48.8 Å². The molecular formula is C16H13N3O3. The van der Waals surface area contributed by atoms with Gasteiger partial charge in [0.05, 0.1) is 0 Å². The molecule has 4 rings (SSSR count). The van der Waals surface area contributed by atoms with E-state index in [-0.39, 0.29) is 5.91 Å². The molecule has 1 aliphatic heterocycles. The maximum absolute atomic E-state index is 12.5. The van der Waals surface area contributed by atoms with Crippen molar-refractivity contribution >= 4 is 17.2 Å². The van der Waals surface area contributed by atoms with E-state index in [0.29, 0.717) is 36.1 Å². The van der Waals surface area contributed by atoms with Crippen LogP contribution in [0.1, 0.15) is 10.5 Å². The molecule has 0 saturated heterocycles. The molecule has 0 bridgehead atoms. The molecule has 0 aliphatic carbocycles. The summed E-state index contributed by atoms with van der Waals surface area (Å²) in [6, 6.07) is 10.8. The molecule has 3 heterocycles. The second-order valence-electron chi connectivity index (χ2n) is 4.88. The van der Waals surface area contributed by atoms with Gasteiger partial charge in [0.2, 0.25) is 0 Å². The van der Waals surface area contributed by atoms with E-state index in [2.05, 4.69) is 10.3 Å². The first-order chi connectivity index (χ1) is 10.8. The summed E-state index contributed by atoms with van der Waals surface area (Å²) >= 11 is 0. The van der Waals surface area contributed by atoms with E-state index < -0.39 is 0 Å². The Balaban J connectivity index is 1.63. The van der Waals surface area contributed by atoms with Gasteiger partial charge < -0.3 is 14.8 Å². The number of benzene rings is 1. The van der Waals surface area contributed by atoms with E-state index in [1.165, 1.54) is 0 Å². The predicted octanol–water partition coefficient (Wildman–Crippen LogP) is 2.36. The standard InChI is InChI=1S/C16H13N3O3/c20-16(12-2-1-3-15-17-6-7-19(12)15)18-11-4-5-13-14(10-11)22-9-8-21-13/h1-7,10H,8-9H2,(H,18,20). The minimum atomic E-state index is -0.208. The number of pyridine rings is 1. The highest BCUT2D eigenvalue weighted by atomic mass is 16.6. The molecule has 1 N–H and O–H groups in total. The normalized spacial score (nSPS) is 13.1. The second kappa shape index (κ2) is 5.07. The molecular weight excluding hydrogens is 282 g/mol. The van der Waals surface area contributed by atoms with E-state index in [9.17, 15) is 4.79 Å². The van der Waals surface area contributed by atoms with Crippen LogP contribution in [0.2, 0.25) is 0 Å². The lowest BCUT2D eigenvalue weighted by Crippen LogP contribution is -2.17. The Morgan fingerprint density at radius 1 is 1.14 bits per heavy atom. The van der Waals surface area contributed by atoms with E-state index in [4.69, 9.17) is 9.47 Å². The molecule has 0 atom stereocenters. The average molecular weight is 295 g/mol. The summed E-state index contributed by atoms with van der Waals surface area (Å²) in [5.74, 6) is 1.13. The van der Waals surface area contributed by atoms with Crippen molar-refractivity contribution in [3.8, 4) is 11.5 Å². The summed E-state index contributed by atoms with van der Waals surface area (Å²) in [7, 11) is 0. The van der Waals surface area contributed by atoms with Crippen LogP contribution >= 0.6 is 0 Å². The largest absolute Gasteiger partial charge is 0.486 e. The number of carbonyl (C=O) groups is 1. The quantitative estimate of drug-likeness (QED) is 0.788. The average Bonchev–Trinajstić information content (AvgIpc) is 3.03. The van der Waals surface area contributed by atoms with E-state index >= 15 is 0 Å². The first kappa shape index (κ1) is 12.7. The SMILES string of the molecule is O=C(Nc1ccc2c(c1)OCCO2)c1cccc2nccn12. The van der Waals surface area contributed by atoms with Crippen molar-refractivity contribution in [2.45, 2.75) is 0 Å². The third-order valence-corrected chi connectivity index (χ3v) is 3.46. The monoisotopic (exact) mass is 295 g/mol. The van der Waals surface area contributed by atoms with Gasteiger partial charge in [-0.2, -0.15) is 0 Å². The number of carbonyl (C=O) groups excluding carboxylic acids is 1. The Morgan fingerprint density at radius 3 is 2.91 bits per heavy atom. The number of fused-ring (bicyclic) bond motifs is 2. The number of nitrogens with zero attached hydrogens (tertiary/aromatic N) is 2. The zero-order valence-corrected chi connectivity index (χ0v) is 11.7. The lowest BCUT2D eigenvalue weighted by Gasteiger charge is -2.19. The number of imidazole rings is 1. The molecule has 0 fully saturated rings. The highest BCUT2D eigenvalue weighted by Crippen LogP contribution is 2.32. The van der Waals surface area contributed by atoms with Crippen LogP contribution < -0.4 is 14.8 Å². The Bertz CT molecular complexity index is 857. The maximum atomic E-state index is 12.5. The van der Waals surface area contributed by atoms with E-state index in [1.807, 2.05) is 6.07 Å². The lowest BCUT2D eigenvalue weighted by atomic mass is 10.2. The highest BCUT2D eigenvalue weighted by molar-refractivity contribution is 6.03. The highest BCUT2D eigenvalue weighted by Gasteiger charge is 2.14. The van der Waals surface area contributed by atoms with Gasteiger partial charge in [0.25, 0.3) is 5.91 Å². The fourth-order valence-corrected chi connectivity index (χ4v) is 2.45. The number of anilines is 1. The number of aromatic nitrogens is 2. The molecule has 0 saturated carbocycles. The second-order valence-corrected chi connectivity index (χ2v) is 4.88. The lowest BCUT2D eigenvalue weighted by molar-refractivity contribution is 0.102. The van der Waals surface area contributed by atoms with Crippen LogP contribution in [0.3, 0.4) is 0 Å². The molecule has 0 radical (unpaired) electrons. The van der Waals surface area contributed by atoms with Gasteiger partial charge in [0, 0.05) is 24.1 Å². The molecule has 1 aliphatic rings. The van der Waals surface area contributed by atoms with Gasteiger partial charge in [-0.05, 0) is 24.3 Å². The fraction of sp³-hybridized carbons (Fsp3) is 0.125. The van der Waals surface area contributed by atoms with Gasteiger partial charge >= 0.3 is 0 Å². The maximum Gasteiger partial charge on any atom is 0.272 e.